The molecule has 2 amide bonds. The first-order valence-electron chi connectivity index (χ1n) is 9.90. The second kappa shape index (κ2) is 10.9. The minimum absolute atomic E-state index is 0.0902. The molecule has 3 N–H and O–H groups in total. The highest BCUT2D eigenvalue weighted by molar-refractivity contribution is 7.80. The molecule has 2 aromatic rings. The van der Waals surface area contributed by atoms with Crippen LogP contribution in [-0.2, 0) is 16.1 Å². The summed E-state index contributed by atoms with van der Waals surface area (Å²) in [7, 11) is 3.07. The zero-order chi connectivity index (χ0) is 23.1. The lowest BCUT2D eigenvalue weighted by Crippen LogP contribution is -2.50. The number of nitrogens with zero attached hydrogens (tertiary/aromatic N) is 2. The van der Waals surface area contributed by atoms with E-state index in [2.05, 4.69) is 10.0 Å². The summed E-state index contributed by atoms with van der Waals surface area (Å²) < 4.78 is 32.4. The molecule has 1 aliphatic heterocycles. The van der Waals surface area contributed by atoms with E-state index in [1.165, 1.54) is 7.11 Å². The van der Waals surface area contributed by atoms with Gasteiger partial charge in [0.1, 0.15) is 0 Å². The van der Waals surface area contributed by atoms with Gasteiger partial charge in [0.15, 0.2) is 11.5 Å². The summed E-state index contributed by atoms with van der Waals surface area (Å²) in [6, 6.07) is 11.6. The van der Waals surface area contributed by atoms with Gasteiger partial charge >= 0.3 is 0 Å². The molecule has 1 saturated heterocycles. The number of piperazine rings is 1. The van der Waals surface area contributed by atoms with Gasteiger partial charge in [-0.15, -0.1) is 0 Å². The average Bonchev–Trinajstić information content (AvgIpc) is 2.79. The Morgan fingerprint density at radius 1 is 0.969 bits per heavy atom. The molecule has 1 heterocycles. The van der Waals surface area contributed by atoms with Crippen molar-refractivity contribution in [1.29, 1.82) is 0 Å². The SMILES string of the molecule is COc1ccc(C(=O)N2CCN(CC(=O)Nc3ccc(NS(=O)O)cc3)CC2)cc1OC. The molecule has 0 radical (unpaired) electrons. The van der Waals surface area contributed by atoms with Gasteiger partial charge in [-0.05, 0) is 42.5 Å². The molecule has 1 unspecified atom stereocenters. The Morgan fingerprint density at radius 3 is 2.19 bits per heavy atom. The van der Waals surface area contributed by atoms with E-state index in [0.29, 0.717) is 54.6 Å². The maximum absolute atomic E-state index is 12.8. The van der Waals surface area contributed by atoms with Crippen molar-refractivity contribution in [1.82, 2.24) is 9.80 Å². The Hall–Kier alpha value is -3.15. The number of ether oxygens (including phenoxy) is 2. The van der Waals surface area contributed by atoms with Crippen molar-refractivity contribution in [2.24, 2.45) is 0 Å². The fraction of sp³-hybridized carbons (Fsp3) is 0.333. The molecule has 0 spiro atoms. The maximum atomic E-state index is 12.8. The Balaban J connectivity index is 1.48. The van der Waals surface area contributed by atoms with Gasteiger partial charge in [0.25, 0.3) is 17.2 Å². The minimum atomic E-state index is -2.14. The van der Waals surface area contributed by atoms with Gasteiger partial charge in [0.2, 0.25) is 5.91 Å². The lowest BCUT2D eigenvalue weighted by molar-refractivity contribution is -0.117. The summed E-state index contributed by atoms with van der Waals surface area (Å²) >= 11 is -2.14. The third kappa shape index (κ3) is 6.19. The topological polar surface area (TPSA) is 120 Å². The van der Waals surface area contributed by atoms with Gasteiger partial charge in [-0.2, -0.15) is 0 Å². The molecular formula is C21H26N4O6S. The van der Waals surface area contributed by atoms with Gasteiger partial charge in [-0.3, -0.25) is 23.8 Å². The lowest BCUT2D eigenvalue weighted by Gasteiger charge is -2.34. The normalized spacial score (nSPS) is 15.0. The first kappa shape index (κ1) is 23.5. The van der Waals surface area contributed by atoms with Gasteiger partial charge < -0.3 is 19.7 Å². The summed E-state index contributed by atoms with van der Waals surface area (Å²) in [6.07, 6.45) is 0. The summed E-state index contributed by atoms with van der Waals surface area (Å²) in [6.45, 7) is 2.40. The fourth-order valence-electron chi connectivity index (χ4n) is 3.39. The van der Waals surface area contributed by atoms with E-state index in [9.17, 15) is 13.8 Å². The van der Waals surface area contributed by atoms with Crippen molar-refractivity contribution in [3.05, 3.63) is 48.0 Å². The third-order valence-electron chi connectivity index (χ3n) is 5.03. The van der Waals surface area contributed by atoms with Crippen molar-refractivity contribution in [3.8, 4) is 11.5 Å². The monoisotopic (exact) mass is 462 g/mol. The highest BCUT2D eigenvalue weighted by atomic mass is 32.2. The average molecular weight is 463 g/mol. The number of methoxy groups -OCH3 is 2. The Morgan fingerprint density at radius 2 is 1.59 bits per heavy atom. The molecule has 1 aliphatic rings. The first-order chi connectivity index (χ1) is 15.4. The zero-order valence-electron chi connectivity index (χ0n) is 17.9. The van der Waals surface area contributed by atoms with Crippen molar-refractivity contribution < 1.29 is 27.8 Å². The summed E-state index contributed by atoms with van der Waals surface area (Å²) in [5.41, 5.74) is 1.59. The number of carbonyl (C=O) groups is 2. The van der Waals surface area contributed by atoms with E-state index in [-0.39, 0.29) is 18.4 Å². The molecule has 10 nitrogen and oxygen atoms in total. The van der Waals surface area contributed by atoms with Gasteiger partial charge in [0, 0.05) is 43.1 Å². The van der Waals surface area contributed by atoms with Crippen LogP contribution in [0.15, 0.2) is 42.5 Å². The summed E-state index contributed by atoms with van der Waals surface area (Å²) in [5, 5.41) is 2.80. The minimum Gasteiger partial charge on any atom is -0.493 e. The zero-order valence-corrected chi connectivity index (χ0v) is 18.7. The first-order valence-corrected chi connectivity index (χ1v) is 11.0. The molecule has 3 rings (SSSR count). The molecular weight excluding hydrogens is 436 g/mol. The van der Waals surface area contributed by atoms with Crippen LogP contribution in [0.4, 0.5) is 11.4 Å². The maximum Gasteiger partial charge on any atom is 0.259 e. The highest BCUT2D eigenvalue weighted by Crippen LogP contribution is 2.28. The van der Waals surface area contributed by atoms with Crippen LogP contribution in [0.3, 0.4) is 0 Å². The number of hydrogen-bond acceptors (Lipinski definition) is 6. The Labute approximate surface area is 188 Å². The van der Waals surface area contributed by atoms with Crippen LogP contribution in [-0.4, -0.2) is 77.3 Å². The summed E-state index contributed by atoms with van der Waals surface area (Å²) in [5.74, 6) is 0.805. The number of hydrogen-bond donors (Lipinski definition) is 3. The molecule has 1 atom stereocenters. The molecule has 32 heavy (non-hydrogen) atoms. The highest BCUT2D eigenvalue weighted by Gasteiger charge is 2.24. The van der Waals surface area contributed by atoms with Crippen LogP contribution in [0.5, 0.6) is 11.5 Å². The van der Waals surface area contributed by atoms with E-state index in [1.807, 2.05) is 4.90 Å². The van der Waals surface area contributed by atoms with Gasteiger partial charge in [0.05, 0.1) is 20.8 Å². The Bertz CT molecular complexity index is 977. The molecule has 1 fully saturated rings. The number of nitrogens with one attached hydrogen (secondary N) is 2. The van der Waals surface area contributed by atoms with Crippen molar-refractivity contribution in [2.75, 3.05) is 57.0 Å². The van der Waals surface area contributed by atoms with Gasteiger partial charge in [-0.25, -0.2) is 4.21 Å². The molecule has 0 aromatic heterocycles. The van der Waals surface area contributed by atoms with Crippen LogP contribution in [0, 0.1) is 0 Å². The van der Waals surface area contributed by atoms with Crippen LogP contribution >= 0.6 is 0 Å². The standard InChI is InChI=1S/C21H26N4O6S/c1-30-18-8-3-15(13-19(18)31-2)21(27)25-11-9-24(10-12-25)14-20(26)22-16-4-6-17(7-5-16)23-32(28)29/h3-8,13,23H,9-12,14H2,1-2H3,(H,22,26)(H,28,29). The number of rotatable bonds is 8. The molecule has 0 saturated carbocycles. The molecule has 0 aliphatic carbocycles. The van der Waals surface area contributed by atoms with Crippen LogP contribution in [0.2, 0.25) is 0 Å². The van der Waals surface area contributed by atoms with E-state index in [1.54, 1.807) is 54.5 Å². The fourth-order valence-corrected chi connectivity index (χ4v) is 3.72. The van der Waals surface area contributed by atoms with Crippen LogP contribution in [0.25, 0.3) is 0 Å². The number of carbonyl (C=O) groups excluding carboxylic acids is 2. The quantitative estimate of drug-likeness (QED) is 0.510. The van der Waals surface area contributed by atoms with Gasteiger partial charge in [-0.1, -0.05) is 0 Å². The molecule has 2 aromatic carbocycles. The van der Waals surface area contributed by atoms with Crippen molar-refractivity contribution in [2.45, 2.75) is 0 Å². The van der Waals surface area contributed by atoms with E-state index in [0.717, 1.165) is 0 Å². The predicted octanol–water partition coefficient (Wildman–Crippen LogP) is 1.65. The van der Waals surface area contributed by atoms with Crippen molar-refractivity contribution >= 4 is 34.5 Å². The molecule has 11 heteroatoms. The largest absolute Gasteiger partial charge is 0.493 e. The second-order valence-electron chi connectivity index (χ2n) is 7.11. The van der Waals surface area contributed by atoms with Crippen LogP contribution < -0.4 is 19.5 Å². The number of amides is 2. The summed E-state index contributed by atoms with van der Waals surface area (Å²) in [4.78, 5) is 28.9. The number of benzene rings is 2. The molecule has 0 bridgehead atoms. The van der Waals surface area contributed by atoms with Crippen molar-refractivity contribution in [3.63, 3.8) is 0 Å². The van der Waals surface area contributed by atoms with Crippen LogP contribution in [0.1, 0.15) is 10.4 Å². The smallest absolute Gasteiger partial charge is 0.259 e. The third-order valence-corrected chi connectivity index (χ3v) is 5.44. The van der Waals surface area contributed by atoms with E-state index >= 15 is 0 Å². The molecule has 172 valence electrons. The Kier molecular flexibility index (Phi) is 8.03. The number of anilines is 2. The predicted molar refractivity (Wildman–Crippen MR) is 121 cm³/mol. The second-order valence-corrected chi connectivity index (χ2v) is 7.82. The van der Waals surface area contributed by atoms with E-state index < -0.39 is 11.3 Å². The lowest BCUT2D eigenvalue weighted by atomic mass is 10.1. The van der Waals surface area contributed by atoms with E-state index in [4.69, 9.17) is 14.0 Å².